The Kier molecular flexibility index (Phi) is 4.29. The maximum absolute atomic E-state index is 5.63. The molecule has 5 heteroatoms. The highest BCUT2D eigenvalue weighted by Crippen LogP contribution is 2.35. The molecule has 108 valence electrons. The van der Waals surface area contributed by atoms with Crippen LogP contribution in [0.15, 0.2) is 18.2 Å². The van der Waals surface area contributed by atoms with Gasteiger partial charge in [-0.25, -0.2) is 0 Å². The lowest BCUT2D eigenvalue weighted by Crippen LogP contribution is -2.12. The number of anilines is 1. The van der Waals surface area contributed by atoms with E-state index in [9.17, 15) is 0 Å². The van der Waals surface area contributed by atoms with Crippen molar-refractivity contribution in [3.8, 4) is 11.5 Å². The minimum Gasteiger partial charge on any atom is -0.493 e. The molecule has 0 aliphatic rings. The lowest BCUT2D eigenvalue weighted by molar-refractivity contribution is 0.356. The molecular weight excluding hydrogens is 254 g/mol. The average molecular weight is 275 g/mol. The van der Waals surface area contributed by atoms with Crippen molar-refractivity contribution < 1.29 is 9.47 Å². The van der Waals surface area contributed by atoms with E-state index in [1.807, 2.05) is 26.2 Å². The highest BCUT2D eigenvalue weighted by atomic mass is 16.5. The Morgan fingerprint density at radius 1 is 1.10 bits per heavy atom. The van der Waals surface area contributed by atoms with E-state index in [4.69, 9.17) is 15.2 Å². The molecule has 0 saturated heterocycles. The summed E-state index contributed by atoms with van der Waals surface area (Å²) in [5, 5.41) is 1.04. The molecule has 2 aromatic rings. The maximum Gasteiger partial charge on any atom is 0.162 e. The number of benzene rings is 1. The van der Waals surface area contributed by atoms with Crippen LogP contribution in [-0.4, -0.2) is 39.8 Å². The van der Waals surface area contributed by atoms with E-state index >= 15 is 0 Å². The fraction of sp³-hybridized carbons (Fsp3) is 0.400. The third-order valence-electron chi connectivity index (χ3n) is 3.23. The molecule has 0 atom stereocenters. The molecule has 1 aromatic heterocycles. The standard InChI is InChI=1S/C15H21N3O2/c1-18(2)13-7-10(5-6-16)17-12-9-15(20-4)14(19-3)8-11(12)13/h7-9H,5-6,16H2,1-4H3. The molecule has 0 fully saturated rings. The second-order valence-electron chi connectivity index (χ2n) is 4.79. The highest BCUT2D eigenvalue weighted by Gasteiger charge is 2.12. The van der Waals surface area contributed by atoms with Crippen LogP contribution in [0.25, 0.3) is 10.9 Å². The van der Waals surface area contributed by atoms with Gasteiger partial charge in [0.05, 0.1) is 19.7 Å². The van der Waals surface area contributed by atoms with Crippen molar-refractivity contribution in [1.82, 2.24) is 4.98 Å². The molecular formula is C15H21N3O2. The average Bonchev–Trinajstić information content (AvgIpc) is 2.45. The van der Waals surface area contributed by atoms with E-state index in [2.05, 4.69) is 16.0 Å². The molecule has 0 unspecified atom stereocenters. The summed E-state index contributed by atoms with van der Waals surface area (Å²) in [6.07, 6.45) is 0.755. The summed E-state index contributed by atoms with van der Waals surface area (Å²) in [7, 11) is 7.28. The van der Waals surface area contributed by atoms with Crippen LogP contribution in [0.5, 0.6) is 11.5 Å². The van der Waals surface area contributed by atoms with Crippen molar-refractivity contribution in [2.24, 2.45) is 5.73 Å². The molecule has 5 nitrogen and oxygen atoms in total. The van der Waals surface area contributed by atoms with Gasteiger partial charge in [-0.15, -0.1) is 0 Å². The molecule has 0 bridgehead atoms. The van der Waals surface area contributed by atoms with Gasteiger partial charge >= 0.3 is 0 Å². The SMILES string of the molecule is COc1cc2nc(CCN)cc(N(C)C)c2cc1OC. The number of fused-ring (bicyclic) bond motifs is 1. The fourth-order valence-corrected chi connectivity index (χ4v) is 2.23. The van der Waals surface area contributed by atoms with Gasteiger partial charge in [0, 0.05) is 43.4 Å². The van der Waals surface area contributed by atoms with Gasteiger partial charge in [-0.05, 0) is 18.7 Å². The van der Waals surface area contributed by atoms with Gasteiger partial charge in [-0.1, -0.05) is 0 Å². The molecule has 20 heavy (non-hydrogen) atoms. The summed E-state index contributed by atoms with van der Waals surface area (Å²) in [5.74, 6) is 1.39. The summed E-state index contributed by atoms with van der Waals surface area (Å²) >= 11 is 0. The molecule has 2 N–H and O–H groups in total. The van der Waals surface area contributed by atoms with E-state index < -0.39 is 0 Å². The Morgan fingerprint density at radius 2 is 1.75 bits per heavy atom. The van der Waals surface area contributed by atoms with E-state index in [0.717, 1.165) is 28.7 Å². The summed E-state index contributed by atoms with van der Waals surface area (Å²) < 4.78 is 10.7. The molecule has 0 radical (unpaired) electrons. The van der Waals surface area contributed by atoms with Crippen molar-refractivity contribution in [3.05, 3.63) is 23.9 Å². The first-order chi connectivity index (χ1) is 9.60. The lowest BCUT2D eigenvalue weighted by atomic mass is 10.1. The number of hydrogen-bond acceptors (Lipinski definition) is 5. The van der Waals surface area contributed by atoms with Crippen molar-refractivity contribution in [1.29, 1.82) is 0 Å². The van der Waals surface area contributed by atoms with Crippen LogP contribution in [0.1, 0.15) is 5.69 Å². The van der Waals surface area contributed by atoms with E-state index in [-0.39, 0.29) is 0 Å². The van der Waals surface area contributed by atoms with Gasteiger partial charge in [-0.2, -0.15) is 0 Å². The van der Waals surface area contributed by atoms with E-state index in [1.165, 1.54) is 0 Å². The monoisotopic (exact) mass is 275 g/mol. The predicted molar refractivity (Wildman–Crippen MR) is 81.9 cm³/mol. The van der Waals surface area contributed by atoms with Gasteiger partial charge in [0.2, 0.25) is 0 Å². The number of nitrogens with two attached hydrogens (primary N) is 1. The first-order valence-electron chi connectivity index (χ1n) is 6.53. The Bertz CT molecular complexity index is 612. The van der Waals surface area contributed by atoms with Crippen LogP contribution in [-0.2, 0) is 6.42 Å². The summed E-state index contributed by atoms with van der Waals surface area (Å²) in [6, 6.07) is 5.94. The van der Waals surface area contributed by atoms with Crippen LogP contribution < -0.4 is 20.1 Å². The first-order valence-corrected chi connectivity index (χ1v) is 6.53. The summed E-state index contributed by atoms with van der Waals surface area (Å²) in [4.78, 5) is 6.72. The molecule has 2 rings (SSSR count). The van der Waals surface area contributed by atoms with Crippen LogP contribution in [0.2, 0.25) is 0 Å². The van der Waals surface area contributed by atoms with Crippen molar-refractivity contribution in [3.63, 3.8) is 0 Å². The smallest absolute Gasteiger partial charge is 0.162 e. The third kappa shape index (κ3) is 2.63. The van der Waals surface area contributed by atoms with Crippen molar-refractivity contribution >= 4 is 16.6 Å². The normalized spacial score (nSPS) is 10.7. The quantitative estimate of drug-likeness (QED) is 0.902. The van der Waals surface area contributed by atoms with E-state index in [1.54, 1.807) is 14.2 Å². The zero-order chi connectivity index (χ0) is 14.7. The van der Waals surface area contributed by atoms with E-state index in [0.29, 0.717) is 18.0 Å². The molecule has 1 heterocycles. The highest BCUT2D eigenvalue weighted by molar-refractivity contribution is 5.94. The zero-order valence-corrected chi connectivity index (χ0v) is 12.4. The topological polar surface area (TPSA) is 60.6 Å². The number of methoxy groups -OCH3 is 2. The molecule has 0 aliphatic heterocycles. The largest absolute Gasteiger partial charge is 0.493 e. The van der Waals surface area contributed by atoms with Crippen LogP contribution in [0, 0.1) is 0 Å². The molecule has 0 spiro atoms. The van der Waals surface area contributed by atoms with Gasteiger partial charge in [0.1, 0.15) is 0 Å². The summed E-state index contributed by atoms with van der Waals surface area (Å²) in [6.45, 7) is 0.582. The Balaban J connectivity index is 2.72. The second-order valence-corrected chi connectivity index (χ2v) is 4.79. The Morgan fingerprint density at radius 3 is 2.30 bits per heavy atom. The Hall–Kier alpha value is -2.01. The van der Waals surface area contributed by atoms with Crippen molar-refractivity contribution in [2.75, 3.05) is 39.8 Å². The molecule has 0 aliphatic carbocycles. The summed E-state index contributed by atoms with van der Waals surface area (Å²) in [5.41, 5.74) is 8.60. The van der Waals surface area contributed by atoms with Gasteiger partial charge in [-0.3, -0.25) is 4.98 Å². The van der Waals surface area contributed by atoms with Gasteiger partial charge in [0.25, 0.3) is 0 Å². The number of pyridine rings is 1. The molecule has 0 saturated carbocycles. The lowest BCUT2D eigenvalue weighted by Gasteiger charge is -2.18. The minimum atomic E-state index is 0.582. The van der Waals surface area contributed by atoms with Crippen LogP contribution in [0.4, 0.5) is 5.69 Å². The zero-order valence-electron chi connectivity index (χ0n) is 12.4. The van der Waals surface area contributed by atoms with Gasteiger partial charge < -0.3 is 20.1 Å². The first kappa shape index (κ1) is 14.4. The molecule has 0 amide bonds. The second kappa shape index (κ2) is 5.96. The number of hydrogen-bond donors (Lipinski definition) is 1. The fourth-order valence-electron chi connectivity index (χ4n) is 2.23. The maximum atomic E-state index is 5.63. The Labute approximate surface area is 119 Å². The predicted octanol–water partition coefficient (Wildman–Crippen LogP) is 1.82. The van der Waals surface area contributed by atoms with Crippen LogP contribution in [0.3, 0.4) is 0 Å². The van der Waals surface area contributed by atoms with Crippen molar-refractivity contribution in [2.45, 2.75) is 6.42 Å². The minimum absolute atomic E-state index is 0.582. The van der Waals surface area contributed by atoms with Gasteiger partial charge in [0.15, 0.2) is 11.5 Å². The number of nitrogens with zero attached hydrogens (tertiary/aromatic N) is 2. The number of rotatable bonds is 5. The number of aromatic nitrogens is 1. The number of ether oxygens (including phenoxy) is 2. The molecule has 1 aromatic carbocycles. The third-order valence-corrected chi connectivity index (χ3v) is 3.23. The van der Waals surface area contributed by atoms with Crippen LogP contribution >= 0.6 is 0 Å².